The van der Waals surface area contributed by atoms with E-state index in [0.717, 1.165) is 44.7 Å². The van der Waals surface area contributed by atoms with E-state index in [1.807, 2.05) is 12.1 Å². The Balaban J connectivity index is 2.22. The predicted octanol–water partition coefficient (Wildman–Crippen LogP) is 2.37. The predicted molar refractivity (Wildman–Crippen MR) is 88.0 cm³/mol. The molecule has 0 bridgehead atoms. The van der Waals surface area contributed by atoms with Gasteiger partial charge in [-0.1, -0.05) is 13.8 Å². The summed E-state index contributed by atoms with van der Waals surface area (Å²) >= 11 is 0. The summed E-state index contributed by atoms with van der Waals surface area (Å²) in [6.45, 7) is 8.23. The highest BCUT2D eigenvalue weighted by atomic mass is 16.5. The Morgan fingerprint density at radius 2 is 2.14 bits per heavy atom. The third-order valence-electron chi connectivity index (χ3n) is 3.99. The lowest BCUT2D eigenvalue weighted by molar-refractivity contribution is 0.306. The smallest absolute Gasteiger partial charge is 0.239 e. The van der Waals surface area contributed by atoms with Crippen LogP contribution in [0.3, 0.4) is 0 Å². The summed E-state index contributed by atoms with van der Waals surface area (Å²) in [5.41, 5.74) is 6.58. The number of ether oxygens (including phenoxy) is 1. The minimum atomic E-state index is 0.493. The molecule has 5 nitrogen and oxygen atoms in total. The number of nitrogens with zero attached hydrogens (tertiary/aromatic N) is 3. The summed E-state index contributed by atoms with van der Waals surface area (Å²) in [6.07, 6.45) is 3.23. The van der Waals surface area contributed by atoms with Crippen molar-refractivity contribution in [2.75, 3.05) is 43.9 Å². The Morgan fingerprint density at radius 1 is 1.33 bits per heavy atom. The van der Waals surface area contributed by atoms with Crippen molar-refractivity contribution in [2.24, 2.45) is 0 Å². The Bertz CT molecular complexity index is 452. The molecular weight excluding hydrogens is 264 g/mol. The molecule has 0 aromatic carbocycles. The fraction of sp³-hybridized carbons (Fsp3) is 0.688. The Kier molecular flexibility index (Phi) is 5.67. The molecule has 1 aliphatic heterocycles. The largest absolute Gasteiger partial charge is 0.476 e. The third kappa shape index (κ3) is 4.00. The van der Waals surface area contributed by atoms with E-state index in [2.05, 4.69) is 35.7 Å². The van der Waals surface area contributed by atoms with Crippen LogP contribution in [0.15, 0.2) is 12.1 Å². The van der Waals surface area contributed by atoms with Gasteiger partial charge in [0.15, 0.2) is 0 Å². The van der Waals surface area contributed by atoms with Crippen molar-refractivity contribution in [2.45, 2.75) is 39.2 Å². The van der Waals surface area contributed by atoms with E-state index in [1.165, 1.54) is 0 Å². The maximum Gasteiger partial charge on any atom is 0.239 e. The molecule has 21 heavy (non-hydrogen) atoms. The molecule has 1 unspecified atom stereocenters. The van der Waals surface area contributed by atoms with Crippen molar-refractivity contribution in [1.82, 2.24) is 9.88 Å². The summed E-state index contributed by atoms with van der Waals surface area (Å²) in [7, 11) is 2.19. The molecule has 2 rings (SSSR count). The average molecular weight is 292 g/mol. The number of rotatable bonds is 5. The molecule has 1 saturated heterocycles. The van der Waals surface area contributed by atoms with Gasteiger partial charge in [0.2, 0.25) is 5.88 Å². The van der Waals surface area contributed by atoms with Crippen LogP contribution in [0.25, 0.3) is 0 Å². The number of hydrogen-bond acceptors (Lipinski definition) is 5. The SMILES string of the molecule is CCCOc1nc(N2CCCN(C)CC2CC)ccc1N. The van der Waals surface area contributed by atoms with Gasteiger partial charge in [-0.25, -0.2) is 0 Å². The zero-order valence-corrected chi connectivity index (χ0v) is 13.5. The van der Waals surface area contributed by atoms with E-state index in [1.54, 1.807) is 0 Å². The van der Waals surface area contributed by atoms with E-state index >= 15 is 0 Å². The Morgan fingerprint density at radius 3 is 2.86 bits per heavy atom. The van der Waals surface area contributed by atoms with Crippen LogP contribution in [0.1, 0.15) is 33.1 Å². The number of pyridine rings is 1. The van der Waals surface area contributed by atoms with Gasteiger partial charge in [0.25, 0.3) is 0 Å². The van der Waals surface area contributed by atoms with E-state index in [0.29, 0.717) is 24.2 Å². The van der Waals surface area contributed by atoms with Crippen LogP contribution < -0.4 is 15.4 Å². The maximum atomic E-state index is 5.97. The fourth-order valence-electron chi connectivity index (χ4n) is 2.81. The standard InChI is InChI=1S/C16H28N4O/c1-4-11-21-16-14(17)7-8-15(18-16)20-10-6-9-19(3)12-13(20)5-2/h7-8,13H,4-6,9-12,17H2,1-3H3. The Hall–Kier alpha value is -1.49. The molecule has 0 radical (unpaired) electrons. The maximum absolute atomic E-state index is 5.97. The molecule has 1 aromatic heterocycles. The summed E-state index contributed by atoms with van der Waals surface area (Å²) < 4.78 is 5.67. The molecule has 1 atom stereocenters. The van der Waals surface area contributed by atoms with Crippen LogP contribution in [0.5, 0.6) is 5.88 Å². The highest BCUT2D eigenvalue weighted by molar-refractivity contribution is 5.55. The van der Waals surface area contributed by atoms with E-state index in [-0.39, 0.29) is 0 Å². The fourth-order valence-corrected chi connectivity index (χ4v) is 2.81. The summed E-state index contributed by atoms with van der Waals surface area (Å²) in [6, 6.07) is 4.42. The van der Waals surface area contributed by atoms with Gasteiger partial charge in [-0.05, 0) is 45.0 Å². The molecule has 0 saturated carbocycles. The number of hydrogen-bond donors (Lipinski definition) is 1. The first-order valence-corrected chi connectivity index (χ1v) is 8.00. The first-order valence-electron chi connectivity index (χ1n) is 8.00. The lowest BCUT2D eigenvalue weighted by atomic mass is 10.2. The molecule has 0 spiro atoms. The van der Waals surface area contributed by atoms with Crippen molar-refractivity contribution in [3.05, 3.63) is 12.1 Å². The van der Waals surface area contributed by atoms with E-state index < -0.39 is 0 Å². The van der Waals surface area contributed by atoms with Gasteiger partial charge in [-0.2, -0.15) is 4.98 Å². The van der Waals surface area contributed by atoms with Crippen LogP contribution in [-0.2, 0) is 0 Å². The molecule has 2 heterocycles. The monoisotopic (exact) mass is 292 g/mol. The van der Waals surface area contributed by atoms with Gasteiger partial charge >= 0.3 is 0 Å². The molecule has 5 heteroatoms. The molecule has 1 fully saturated rings. The van der Waals surface area contributed by atoms with Gasteiger partial charge < -0.3 is 20.3 Å². The molecule has 1 aliphatic rings. The van der Waals surface area contributed by atoms with Gasteiger partial charge in [0, 0.05) is 19.1 Å². The van der Waals surface area contributed by atoms with Gasteiger partial charge in [0.05, 0.1) is 12.3 Å². The Labute approximate surface area is 128 Å². The van der Waals surface area contributed by atoms with Gasteiger partial charge in [-0.15, -0.1) is 0 Å². The normalized spacial score (nSPS) is 20.3. The number of likely N-dealkylation sites (N-methyl/N-ethyl adjacent to an activating group) is 1. The second-order valence-electron chi connectivity index (χ2n) is 5.78. The summed E-state index contributed by atoms with van der Waals surface area (Å²) in [5.74, 6) is 1.55. The quantitative estimate of drug-likeness (QED) is 0.903. The summed E-state index contributed by atoms with van der Waals surface area (Å²) in [4.78, 5) is 9.47. The molecule has 0 aliphatic carbocycles. The molecule has 118 valence electrons. The first-order chi connectivity index (χ1) is 10.2. The highest BCUT2D eigenvalue weighted by Gasteiger charge is 2.23. The minimum absolute atomic E-state index is 0.493. The molecule has 1 aromatic rings. The number of aromatic nitrogens is 1. The van der Waals surface area contributed by atoms with Crippen LogP contribution in [0.2, 0.25) is 0 Å². The molecule has 2 N–H and O–H groups in total. The third-order valence-corrected chi connectivity index (χ3v) is 3.99. The lowest BCUT2D eigenvalue weighted by Crippen LogP contribution is -2.40. The highest BCUT2D eigenvalue weighted by Crippen LogP contribution is 2.26. The second kappa shape index (κ2) is 7.50. The molecule has 0 amide bonds. The van der Waals surface area contributed by atoms with Gasteiger partial charge in [0.1, 0.15) is 5.82 Å². The zero-order valence-electron chi connectivity index (χ0n) is 13.5. The second-order valence-corrected chi connectivity index (χ2v) is 5.78. The number of nitrogen functional groups attached to an aromatic ring is 1. The van der Waals surface area contributed by atoms with Gasteiger partial charge in [-0.3, -0.25) is 0 Å². The van der Waals surface area contributed by atoms with E-state index in [4.69, 9.17) is 10.5 Å². The molecular formula is C16H28N4O. The van der Waals surface area contributed by atoms with Crippen LogP contribution >= 0.6 is 0 Å². The topological polar surface area (TPSA) is 54.6 Å². The zero-order chi connectivity index (χ0) is 15.2. The summed E-state index contributed by atoms with van der Waals surface area (Å²) in [5, 5.41) is 0. The lowest BCUT2D eigenvalue weighted by Gasteiger charge is -2.31. The van der Waals surface area contributed by atoms with Crippen LogP contribution in [0.4, 0.5) is 11.5 Å². The van der Waals surface area contributed by atoms with Crippen molar-refractivity contribution in [3.63, 3.8) is 0 Å². The van der Waals surface area contributed by atoms with Crippen molar-refractivity contribution < 1.29 is 4.74 Å². The van der Waals surface area contributed by atoms with Crippen LogP contribution in [0, 0.1) is 0 Å². The minimum Gasteiger partial charge on any atom is -0.476 e. The van der Waals surface area contributed by atoms with E-state index in [9.17, 15) is 0 Å². The number of nitrogens with two attached hydrogens (primary N) is 1. The first kappa shape index (κ1) is 15.9. The number of anilines is 2. The average Bonchev–Trinajstić information content (AvgIpc) is 2.67. The van der Waals surface area contributed by atoms with Crippen molar-refractivity contribution in [3.8, 4) is 5.88 Å². The van der Waals surface area contributed by atoms with Crippen molar-refractivity contribution in [1.29, 1.82) is 0 Å². The van der Waals surface area contributed by atoms with Crippen LogP contribution in [-0.4, -0.2) is 49.2 Å². The van der Waals surface area contributed by atoms with Crippen molar-refractivity contribution >= 4 is 11.5 Å².